The summed E-state index contributed by atoms with van der Waals surface area (Å²) in [5.74, 6) is -1.06. The van der Waals surface area contributed by atoms with Gasteiger partial charge in [-0.2, -0.15) is 8.42 Å². The molecule has 1 aliphatic carbocycles. The summed E-state index contributed by atoms with van der Waals surface area (Å²) >= 11 is 0. The van der Waals surface area contributed by atoms with E-state index in [1.807, 2.05) is 43.3 Å². The highest BCUT2D eigenvalue weighted by Crippen LogP contribution is 2.44. The maximum Gasteiger partial charge on any atom is 0.407 e. The summed E-state index contributed by atoms with van der Waals surface area (Å²) in [6.07, 6.45) is -0.366. The van der Waals surface area contributed by atoms with Gasteiger partial charge in [-0.3, -0.25) is 4.79 Å². The molecule has 0 fully saturated rings. The molecule has 4 aromatic carbocycles. The molecule has 1 aliphatic rings. The molecule has 43 heavy (non-hydrogen) atoms. The van der Waals surface area contributed by atoms with Crippen molar-refractivity contribution in [3.05, 3.63) is 119 Å². The molecule has 1 atom stereocenters. The molecule has 0 saturated carbocycles. The van der Waals surface area contributed by atoms with Gasteiger partial charge in [0.25, 0.3) is 0 Å². The second-order valence-electron chi connectivity index (χ2n) is 10.4. The molecule has 4 aromatic rings. The number of nitrogens with one attached hydrogen (secondary N) is 1. The Labute approximate surface area is 251 Å². The molecule has 0 aromatic heterocycles. The van der Waals surface area contributed by atoms with Crippen molar-refractivity contribution in [2.45, 2.75) is 31.1 Å². The van der Waals surface area contributed by atoms with Gasteiger partial charge in [-0.25, -0.2) is 4.79 Å². The Kier molecular flexibility index (Phi) is 9.11. The fraction of sp³-hybridized carbons (Fsp3) is 0.235. The van der Waals surface area contributed by atoms with E-state index in [1.165, 1.54) is 24.3 Å². The molecular formula is C34H33NO7S. The lowest BCUT2D eigenvalue weighted by Crippen LogP contribution is -2.35. The average Bonchev–Trinajstić information content (AvgIpc) is 3.32. The Hall–Kier alpha value is -4.63. The first-order valence-electron chi connectivity index (χ1n) is 14.1. The molecular weight excluding hydrogens is 566 g/mol. The molecule has 1 amide bonds. The third kappa shape index (κ3) is 7.06. The monoisotopic (exact) mass is 599 g/mol. The Morgan fingerprint density at radius 2 is 1.42 bits per heavy atom. The third-order valence-electron chi connectivity index (χ3n) is 7.38. The number of fused-ring (bicyclic) bond motifs is 3. The second kappa shape index (κ2) is 13.1. The molecule has 1 N–H and O–H groups in total. The average molecular weight is 600 g/mol. The number of hydrogen-bond donors (Lipinski definition) is 1. The van der Waals surface area contributed by atoms with Crippen LogP contribution in [0.5, 0.6) is 5.75 Å². The number of amides is 1. The van der Waals surface area contributed by atoms with Crippen molar-refractivity contribution in [3.8, 4) is 16.9 Å². The summed E-state index contributed by atoms with van der Waals surface area (Å²) in [5.41, 5.74) is 6.18. The summed E-state index contributed by atoms with van der Waals surface area (Å²) in [6, 6.07) is 29.0. The summed E-state index contributed by atoms with van der Waals surface area (Å²) in [4.78, 5) is 25.5. The first kappa shape index (κ1) is 29.8. The summed E-state index contributed by atoms with van der Waals surface area (Å²) < 4.78 is 41.3. The van der Waals surface area contributed by atoms with Gasteiger partial charge in [0.05, 0.1) is 12.5 Å². The number of alkyl carbamates (subject to hydrolysis) is 1. The van der Waals surface area contributed by atoms with Crippen molar-refractivity contribution in [2.24, 2.45) is 5.92 Å². The van der Waals surface area contributed by atoms with Crippen LogP contribution in [0.25, 0.3) is 11.1 Å². The Balaban J connectivity index is 1.19. The van der Waals surface area contributed by atoms with E-state index in [-0.39, 0.29) is 42.7 Å². The van der Waals surface area contributed by atoms with E-state index in [0.717, 1.165) is 33.4 Å². The van der Waals surface area contributed by atoms with Crippen LogP contribution in [0.3, 0.4) is 0 Å². The molecule has 0 radical (unpaired) electrons. The fourth-order valence-corrected chi connectivity index (χ4v) is 6.13. The van der Waals surface area contributed by atoms with Crippen LogP contribution in [0.2, 0.25) is 0 Å². The predicted octanol–water partition coefficient (Wildman–Crippen LogP) is 6.02. The Bertz CT molecular complexity index is 1650. The van der Waals surface area contributed by atoms with Gasteiger partial charge in [0.15, 0.2) is 0 Å². The van der Waals surface area contributed by atoms with E-state index in [0.29, 0.717) is 0 Å². The Morgan fingerprint density at radius 3 is 2.02 bits per heavy atom. The molecule has 0 saturated heterocycles. The largest absolute Gasteiger partial charge is 0.466 e. The van der Waals surface area contributed by atoms with Gasteiger partial charge in [0.2, 0.25) is 0 Å². The molecule has 0 aliphatic heterocycles. The first-order chi connectivity index (χ1) is 20.7. The highest BCUT2D eigenvalue weighted by atomic mass is 32.2. The van der Waals surface area contributed by atoms with Gasteiger partial charge in [-0.15, -0.1) is 0 Å². The van der Waals surface area contributed by atoms with Crippen molar-refractivity contribution in [1.29, 1.82) is 0 Å². The standard InChI is InChI=1S/C34H33NO7S/c1-3-40-33(36)25(20-24-14-16-26(17-15-24)42-43(38,39)27-18-12-23(2)13-19-27)21-35-34(37)41-22-32-30-10-6-4-8-28(30)29-9-5-7-11-31(29)32/h4-19,25,32H,3,20-22H2,1-2H3,(H,35,37). The number of benzene rings is 4. The van der Waals surface area contributed by atoms with Crippen molar-refractivity contribution in [1.82, 2.24) is 5.32 Å². The van der Waals surface area contributed by atoms with Gasteiger partial charge < -0.3 is 19.0 Å². The van der Waals surface area contributed by atoms with Crippen LogP contribution in [0, 0.1) is 12.8 Å². The normalized spacial score (nSPS) is 13.0. The van der Waals surface area contributed by atoms with E-state index in [9.17, 15) is 18.0 Å². The zero-order valence-electron chi connectivity index (χ0n) is 24.0. The number of carbonyl (C=O) groups is 2. The van der Waals surface area contributed by atoms with Crippen LogP contribution in [0.4, 0.5) is 4.79 Å². The van der Waals surface area contributed by atoms with Crippen LogP contribution in [0.15, 0.2) is 102 Å². The quantitative estimate of drug-likeness (QED) is 0.166. The van der Waals surface area contributed by atoms with E-state index in [4.69, 9.17) is 13.7 Å². The molecule has 0 spiro atoms. The summed E-state index contributed by atoms with van der Waals surface area (Å²) in [7, 11) is -3.99. The lowest BCUT2D eigenvalue weighted by atomic mass is 9.98. The van der Waals surface area contributed by atoms with Gasteiger partial charge in [0.1, 0.15) is 17.3 Å². The number of rotatable bonds is 11. The minimum atomic E-state index is -3.99. The number of ether oxygens (including phenoxy) is 2. The number of carbonyl (C=O) groups excluding carboxylic acids is 2. The van der Waals surface area contributed by atoms with Crippen LogP contribution in [0.1, 0.15) is 35.1 Å². The van der Waals surface area contributed by atoms with Crippen molar-refractivity contribution < 1.29 is 31.7 Å². The van der Waals surface area contributed by atoms with Gasteiger partial charge in [0, 0.05) is 12.5 Å². The second-order valence-corrected chi connectivity index (χ2v) is 11.9. The maximum absolute atomic E-state index is 12.7. The smallest absolute Gasteiger partial charge is 0.407 e. The lowest BCUT2D eigenvalue weighted by molar-refractivity contribution is -0.147. The molecule has 8 nitrogen and oxygen atoms in total. The topological polar surface area (TPSA) is 108 Å². The van der Waals surface area contributed by atoms with Crippen LogP contribution < -0.4 is 9.50 Å². The van der Waals surface area contributed by atoms with Crippen molar-refractivity contribution in [2.75, 3.05) is 19.8 Å². The van der Waals surface area contributed by atoms with Gasteiger partial charge in [-0.05, 0) is 72.4 Å². The molecule has 0 bridgehead atoms. The number of hydrogen-bond acceptors (Lipinski definition) is 7. The lowest BCUT2D eigenvalue weighted by Gasteiger charge is -2.18. The first-order valence-corrected chi connectivity index (χ1v) is 15.5. The summed E-state index contributed by atoms with van der Waals surface area (Å²) in [5, 5.41) is 2.71. The van der Waals surface area contributed by atoms with Crippen molar-refractivity contribution >= 4 is 22.2 Å². The van der Waals surface area contributed by atoms with E-state index in [1.54, 1.807) is 31.2 Å². The maximum atomic E-state index is 12.7. The van der Waals surface area contributed by atoms with Crippen LogP contribution in [-0.4, -0.2) is 40.2 Å². The van der Waals surface area contributed by atoms with Crippen LogP contribution >= 0.6 is 0 Å². The minimum Gasteiger partial charge on any atom is -0.466 e. The predicted molar refractivity (Wildman–Crippen MR) is 162 cm³/mol. The highest BCUT2D eigenvalue weighted by Gasteiger charge is 2.29. The molecule has 1 unspecified atom stereocenters. The Morgan fingerprint density at radius 1 is 0.814 bits per heavy atom. The third-order valence-corrected chi connectivity index (χ3v) is 8.64. The zero-order valence-corrected chi connectivity index (χ0v) is 24.8. The molecule has 0 heterocycles. The van der Waals surface area contributed by atoms with Crippen LogP contribution in [-0.2, 0) is 30.8 Å². The minimum absolute atomic E-state index is 0.00949. The van der Waals surface area contributed by atoms with Gasteiger partial charge in [-0.1, -0.05) is 78.4 Å². The van der Waals surface area contributed by atoms with E-state index >= 15 is 0 Å². The number of aryl methyl sites for hydroxylation is 1. The summed E-state index contributed by atoms with van der Waals surface area (Å²) in [6.45, 7) is 3.96. The molecule has 5 rings (SSSR count). The fourth-order valence-electron chi connectivity index (χ4n) is 5.20. The molecule has 222 valence electrons. The SMILES string of the molecule is CCOC(=O)C(CNC(=O)OCC1c2ccccc2-c2ccccc21)Cc1ccc(OS(=O)(=O)c2ccc(C)cc2)cc1. The zero-order chi connectivity index (χ0) is 30.4. The van der Waals surface area contributed by atoms with E-state index in [2.05, 4.69) is 17.4 Å². The molecule has 9 heteroatoms. The van der Waals surface area contributed by atoms with Gasteiger partial charge >= 0.3 is 22.2 Å². The highest BCUT2D eigenvalue weighted by molar-refractivity contribution is 7.87. The van der Waals surface area contributed by atoms with Crippen molar-refractivity contribution in [3.63, 3.8) is 0 Å². The van der Waals surface area contributed by atoms with E-state index < -0.39 is 28.1 Å². The number of esters is 1.